The van der Waals surface area contributed by atoms with Crippen molar-refractivity contribution in [2.24, 2.45) is 0 Å². The van der Waals surface area contributed by atoms with Gasteiger partial charge in [0, 0.05) is 31.7 Å². The molecule has 24 heavy (non-hydrogen) atoms. The molecule has 0 saturated carbocycles. The van der Waals surface area contributed by atoms with E-state index in [0.29, 0.717) is 25.2 Å². The Kier molecular flexibility index (Phi) is 5.68. The minimum absolute atomic E-state index is 0.284. The second kappa shape index (κ2) is 7.54. The van der Waals surface area contributed by atoms with Crippen LogP contribution in [0.5, 0.6) is 5.75 Å². The summed E-state index contributed by atoms with van der Waals surface area (Å²) in [5.74, 6) is 4.82. The van der Waals surface area contributed by atoms with Gasteiger partial charge in [0.15, 0.2) is 11.6 Å². The first-order valence-electron chi connectivity index (χ1n) is 7.92. The number of carbonyl (C=O) groups is 1. The van der Waals surface area contributed by atoms with Crippen LogP contribution in [0.1, 0.15) is 26.3 Å². The van der Waals surface area contributed by atoms with Crippen LogP contribution >= 0.6 is 0 Å². The first-order valence-corrected chi connectivity index (χ1v) is 7.92. The average molecular weight is 334 g/mol. The van der Waals surface area contributed by atoms with Crippen molar-refractivity contribution in [3.63, 3.8) is 0 Å². The Morgan fingerprint density at radius 1 is 1.29 bits per heavy atom. The fourth-order valence-corrected chi connectivity index (χ4v) is 2.25. The predicted molar refractivity (Wildman–Crippen MR) is 89.2 cm³/mol. The molecule has 0 radical (unpaired) electrons. The molecule has 1 aromatic carbocycles. The number of benzene rings is 1. The number of phenols is 1. The normalized spacial score (nSPS) is 15.6. The lowest BCUT2D eigenvalue weighted by atomic mass is 10.2. The molecule has 0 aliphatic carbocycles. The molecule has 1 aliphatic heterocycles. The van der Waals surface area contributed by atoms with Crippen LogP contribution in [0, 0.1) is 17.7 Å². The number of hydrogen-bond donors (Lipinski definition) is 1. The summed E-state index contributed by atoms with van der Waals surface area (Å²) in [5, 5.41) is 9.14. The van der Waals surface area contributed by atoms with E-state index in [1.165, 1.54) is 12.1 Å². The Balaban J connectivity index is 1.80. The monoisotopic (exact) mass is 334 g/mol. The molecule has 0 unspecified atom stereocenters. The summed E-state index contributed by atoms with van der Waals surface area (Å²) in [6.07, 6.45) is -0.284. The van der Waals surface area contributed by atoms with Crippen LogP contribution in [0.2, 0.25) is 0 Å². The zero-order chi connectivity index (χ0) is 17.7. The number of aromatic hydroxyl groups is 1. The molecule has 0 aromatic heterocycles. The molecule has 0 bridgehead atoms. The first kappa shape index (κ1) is 18.1. The quantitative estimate of drug-likeness (QED) is 0.802. The van der Waals surface area contributed by atoms with Crippen LogP contribution < -0.4 is 0 Å². The number of rotatable bonds is 1. The van der Waals surface area contributed by atoms with Gasteiger partial charge >= 0.3 is 6.09 Å². The predicted octanol–water partition coefficient (Wildman–Crippen LogP) is 2.44. The lowest BCUT2D eigenvalue weighted by Crippen LogP contribution is -2.50. The molecule has 2 rings (SSSR count). The van der Waals surface area contributed by atoms with Crippen molar-refractivity contribution in [1.82, 2.24) is 9.80 Å². The van der Waals surface area contributed by atoms with Gasteiger partial charge in [-0.3, -0.25) is 4.90 Å². The third kappa shape index (κ3) is 5.43. The standard InChI is InChI=1S/C18H23FN2O3/c1-18(2,3)24-17(23)21-11-9-20(10-12-21)8-4-5-14-6-7-16(22)15(19)13-14/h6-7,13,22H,8-12H2,1-3H3. The summed E-state index contributed by atoms with van der Waals surface area (Å²) in [5.41, 5.74) is 0.0386. The molecule has 1 heterocycles. The highest BCUT2D eigenvalue weighted by molar-refractivity contribution is 5.68. The van der Waals surface area contributed by atoms with Gasteiger partial charge in [0.2, 0.25) is 0 Å². The van der Waals surface area contributed by atoms with Crippen molar-refractivity contribution in [1.29, 1.82) is 0 Å². The van der Waals surface area contributed by atoms with Crippen LogP contribution in [-0.2, 0) is 4.74 Å². The number of amides is 1. The van der Waals surface area contributed by atoms with Crippen molar-refractivity contribution in [2.75, 3.05) is 32.7 Å². The van der Waals surface area contributed by atoms with Gasteiger partial charge in [0.25, 0.3) is 0 Å². The molecule has 6 heteroatoms. The van der Waals surface area contributed by atoms with Crippen LogP contribution in [0.4, 0.5) is 9.18 Å². The first-order chi connectivity index (χ1) is 11.2. The second-order valence-electron chi connectivity index (χ2n) is 6.71. The molecule has 1 N–H and O–H groups in total. The largest absolute Gasteiger partial charge is 0.505 e. The van der Waals surface area contributed by atoms with E-state index in [1.807, 2.05) is 20.8 Å². The van der Waals surface area contributed by atoms with Gasteiger partial charge in [-0.25, -0.2) is 9.18 Å². The molecule has 1 aliphatic rings. The third-order valence-corrected chi connectivity index (χ3v) is 3.51. The highest BCUT2D eigenvalue weighted by Gasteiger charge is 2.25. The number of piperazine rings is 1. The van der Waals surface area contributed by atoms with Crippen molar-refractivity contribution < 1.29 is 19.0 Å². The fourth-order valence-electron chi connectivity index (χ4n) is 2.25. The summed E-state index contributed by atoms with van der Waals surface area (Å²) in [7, 11) is 0. The molecule has 1 saturated heterocycles. The molecular formula is C18H23FN2O3. The summed E-state index contributed by atoms with van der Waals surface area (Å²) < 4.78 is 18.6. The molecule has 5 nitrogen and oxygen atoms in total. The van der Waals surface area contributed by atoms with E-state index in [2.05, 4.69) is 16.7 Å². The van der Waals surface area contributed by atoms with E-state index < -0.39 is 11.4 Å². The van der Waals surface area contributed by atoms with E-state index in [1.54, 1.807) is 11.0 Å². The van der Waals surface area contributed by atoms with Gasteiger partial charge in [-0.2, -0.15) is 0 Å². The number of hydrogen-bond acceptors (Lipinski definition) is 4. The fraction of sp³-hybridized carbons (Fsp3) is 0.500. The molecule has 1 aromatic rings. The van der Waals surface area contributed by atoms with Crippen molar-refractivity contribution in [3.05, 3.63) is 29.6 Å². The van der Waals surface area contributed by atoms with Crippen molar-refractivity contribution in [3.8, 4) is 17.6 Å². The summed E-state index contributed by atoms with van der Waals surface area (Å²) in [6.45, 7) is 8.74. The lowest BCUT2D eigenvalue weighted by molar-refractivity contribution is 0.0155. The minimum atomic E-state index is -0.673. The smallest absolute Gasteiger partial charge is 0.410 e. The number of phenolic OH excluding ortho intramolecular Hbond substituents is 1. The van der Waals surface area contributed by atoms with Crippen LogP contribution in [0.25, 0.3) is 0 Å². The molecule has 0 atom stereocenters. The van der Waals surface area contributed by atoms with Gasteiger partial charge < -0.3 is 14.7 Å². The Hall–Kier alpha value is -2.26. The van der Waals surface area contributed by atoms with E-state index >= 15 is 0 Å². The van der Waals surface area contributed by atoms with Crippen LogP contribution in [0.15, 0.2) is 18.2 Å². The Morgan fingerprint density at radius 2 is 1.96 bits per heavy atom. The van der Waals surface area contributed by atoms with Crippen molar-refractivity contribution >= 4 is 6.09 Å². The maximum Gasteiger partial charge on any atom is 0.410 e. The van der Waals surface area contributed by atoms with Gasteiger partial charge in [0.1, 0.15) is 5.60 Å². The maximum atomic E-state index is 13.2. The van der Waals surface area contributed by atoms with E-state index in [0.717, 1.165) is 13.1 Å². The Labute approximate surface area is 142 Å². The van der Waals surface area contributed by atoms with Crippen LogP contribution in [-0.4, -0.2) is 59.3 Å². The van der Waals surface area contributed by atoms with Gasteiger partial charge in [-0.1, -0.05) is 11.8 Å². The third-order valence-electron chi connectivity index (χ3n) is 3.51. The van der Waals surface area contributed by atoms with E-state index in [4.69, 9.17) is 9.84 Å². The highest BCUT2D eigenvalue weighted by Crippen LogP contribution is 2.15. The maximum absolute atomic E-state index is 13.2. The minimum Gasteiger partial charge on any atom is -0.505 e. The van der Waals surface area contributed by atoms with Gasteiger partial charge in [-0.15, -0.1) is 0 Å². The number of carbonyl (C=O) groups excluding carboxylic acids is 1. The molecule has 130 valence electrons. The Bertz CT molecular complexity index is 650. The zero-order valence-electron chi connectivity index (χ0n) is 14.3. The lowest BCUT2D eigenvalue weighted by Gasteiger charge is -2.34. The topological polar surface area (TPSA) is 53.0 Å². The zero-order valence-corrected chi connectivity index (χ0v) is 14.3. The van der Waals surface area contributed by atoms with Gasteiger partial charge in [-0.05, 0) is 39.0 Å². The highest BCUT2D eigenvalue weighted by atomic mass is 19.1. The molecule has 0 spiro atoms. The van der Waals surface area contributed by atoms with Crippen LogP contribution in [0.3, 0.4) is 0 Å². The Morgan fingerprint density at radius 3 is 2.54 bits per heavy atom. The van der Waals surface area contributed by atoms with E-state index in [-0.39, 0.29) is 11.8 Å². The number of halogens is 1. The molecule has 1 fully saturated rings. The summed E-state index contributed by atoms with van der Waals surface area (Å²) in [4.78, 5) is 15.8. The van der Waals surface area contributed by atoms with Crippen molar-refractivity contribution in [2.45, 2.75) is 26.4 Å². The summed E-state index contributed by atoms with van der Waals surface area (Å²) in [6, 6.07) is 4.08. The summed E-state index contributed by atoms with van der Waals surface area (Å²) >= 11 is 0. The number of ether oxygens (including phenoxy) is 1. The molecule has 1 amide bonds. The molecular weight excluding hydrogens is 311 g/mol. The van der Waals surface area contributed by atoms with E-state index in [9.17, 15) is 9.18 Å². The SMILES string of the molecule is CC(C)(C)OC(=O)N1CCN(CC#Cc2ccc(O)c(F)c2)CC1. The van der Waals surface area contributed by atoms with Gasteiger partial charge in [0.05, 0.1) is 6.54 Å². The number of nitrogens with zero attached hydrogens (tertiary/aromatic N) is 2. The average Bonchev–Trinajstić information content (AvgIpc) is 2.50. The second-order valence-corrected chi connectivity index (χ2v) is 6.71.